The second-order valence-electron chi connectivity index (χ2n) is 4.70. The Morgan fingerprint density at radius 3 is 2.77 bits per heavy atom. The largest absolute Gasteiger partial charge is 0.495 e. The molecule has 0 aliphatic rings. The smallest absolute Gasteiger partial charge is 0.224 e. The van der Waals surface area contributed by atoms with Crippen molar-refractivity contribution in [2.24, 2.45) is 0 Å². The van der Waals surface area contributed by atoms with Crippen molar-refractivity contribution in [2.75, 3.05) is 17.7 Å². The zero-order valence-corrected chi connectivity index (χ0v) is 13.3. The summed E-state index contributed by atoms with van der Waals surface area (Å²) in [7, 11) is 1.59. The second-order valence-corrected chi connectivity index (χ2v) is 5.14. The van der Waals surface area contributed by atoms with Gasteiger partial charge >= 0.3 is 0 Å². The molecule has 2 N–H and O–H groups in total. The summed E-state index contributed by atoms with van der Waals surface area (Å²) in [6, 6.07) is 8.87. The number of methoxy groups -OCH3 is 1. The number of carbonyl (C=O) groups excluding carboxylic acids is 1. The summed E-state index contributed by atoms with van der Waals surface area (Å²) in [6.45, 7) is 1.96. The van der Waals surface area contributed by atoms with Crippen LogP contribution in [0.2, 0.25) is 5.02 Å². The number of amides is 1. The lowest BCUT2D eigenvalue weighted by Gasteiger charge is -2.11. The van der Waals surface area contributed by atoms with Gasteiger partial charge in [-0.3, -0.25) is 4.79 Å². The first-order valence-corrected chi connectivity index (χ1v) is 7.36. The minimum Gasteiger partial charge on any atom is -0.495 e. The number of rotatable bonds is 6. The lowest BCUT2D eigenvalue weighted by molar-refractivity contribution is -0.116. The van der Waals surface area contributed by atoms with Crippen LogP contribution in [0.25, 0.3) is 0 Å². The molecule has 0 atom stereocenters. The molecule has 1 heterocycles. The van der Waals surface area contributed by atoms with Crippen LogP contribution >= 0.6 is 11.6 Å². The molecule has 22 heavy (non-hydrogen) atoms. The van der Waals surface area contributed by atoms with Gasteiger partial charge in [0.2, 0.25) is 5.91 Å². The maximum atomic E-state index is 11.5. The Labute approximate surface area is 134 Å². The molecule has 2 rings (SSSR count). The van der Waals surface area contributed by atoms with Crippen molar-refractivity contribution in [3.8, 4) is 5.75 Å². The van der Waals surface area contributed by atoms with Crippen molar-refractivity contribution in [3.63, 3.8) is 0 Å². The lowest BCUT2D eigenvalue weighted by Crippen LogP contribution is -2.10. The minimum absolute atomic E-state index is 0.0125. The van der Waals surface area contributed by atoms with Crippen LogP contribution in [0.5, 0.6) is 5.75 Å². The molecule has 6 heteroatoms. The average Bonchev–Trinajstić information content (AvgIpc) is 2.50. The van der Waals surface area contributed by atoms with Gasteiger partial charge in [-0.25, -0.2) is 4.98 Å². The third-order valence-electron chi connectivity index (χ3n) is 2.95. The highest BCUT2D eigenvalue weighted by Crippen LogP contribution is 2.30. The summed E-state index contributed by atoms with van der Waals surface area (Å²) in [6.07, 6.45) is 2.92. The second kappa shape index (κ2) is 7.66. The summed E-state index contributed by atoms with van der Waals surface area (Å²) in [5.74, 6) is 1.29. The van der Waals surface area contributed by atoms with Crippen molar-refractivity contribution >= 4 is 34.7 Å². The van der Waals surface area contributed by atoms with Crippen LogP contribution in [0.4, 0.5) is 17.2 Å². The maximum Gasteiger partial charge on any atom is 0.224 e. The normalized spacial score (nSPS) is 10.1. The summed E-state index contributed by atoms with van der Waals surface area (Å²) in [5.41, 5.74) is 1.40. The fraction of sp³-hybridized carbons (Fsp3) is 0.250. The monoisotopic (exact) mass is 319 g/mol. The van der Waals surface area contributed by atoms with Crippen molar-refractivity contribution in [2.45, 2.75) is 19.8 Å². The molecule has 0 radical (unpaired) electrons. The fourth-order valence-electron chi connectivity index (χ4n) is 1.91. The van der Waals surface area contributed by atoms with E-state index in [4.69, 9.17) is 16.3 Å². The van der Waals surface area contributed by atoms with E-state index in [0.29, 0.717) is 28.7 Å². The molecule has 0 saturated heterocycles. The van der Waals surface area contributed by atoms with Gasteiger partial charge in [0, 0.05) is 11.4 Å². The highest BCUT2D eigenvalue weighted by molar-refractivity contribution is 6.31. The van der Waals surface area contributed by atoms with E-state index in [1.54, 1.807) is 43.6 Å². The molecular formula is C16H18ClN3O2. The van der Waals surface area contributed by atoms with Crippen LogP contribution in [0, 0.1) is 0 Å². The Morgan fingerprint density at radius 1 is 1.32 bits per heavy atom. The predicted molar refractivity (Wildman–Crippen MR) is 89.1 cm³/mol. The molecule has 0 aliphatic heterocycles. The number of aromatic nitrogens is 1. The molecule has 1 amide bonds. The quantitative estimate of drug-likeness (QED) is 0.836. The molecule has 5 nitrogen and oxygen atoms in total. The number of carbonyl (C=O) groups is 1. The molecule has 0 unspecified atom stereocenters. The minimum atomic E-state index is -0.0125. The van der Waals surface area contributed by atoms with Gasteiger partial charge in [-0.15, -0.1) is 0 Å². The van der Waals surface area contributed by atoms with Crippen molar-refractivity contribution in [1.82, 2.24) is 4.98 Å². The Bertz CT molecular complexity index is 644. The number of hydrogen-bond donors (Lipinski definition) is 2. The molecule has 2 aromatic rings. The summed E-state index contributed by atoms with van der Waals surface area (Å²) >= 11 is 5.99. The van der Waals surface area contributed by atoms with Crippen molar-refractivity contribution in [1.29, 1.82) is 0 Å². The molecule has 0 saturated carbocycles. The number of nitrogens with zero attached hydrogens (tertiary/aromatic N) is 1. The third-order valence-corrected chi connectivity index (χ3v) is 3.18. The average molecular weight is 320 g/mol. The van der Waals surface area contributed by atoms with Gasteiger partial charge in [-0.1, -0.05) is 18.5 Å². The predicted octanol–water partition coefficient (Wildman–Crippen LogP) is 4.23. The van der Waals surface area contributed by atoms with E-state index >= 15 is 0 Å². The number of hydrogen-bond acceptors (Lipinski definition) is 4. The van der Waals surface area contributed by atoms with E-state index in [-0.39, 0.29) is 5.91 Å². The first-order valence-electron chi connectivity index (χ1n) is 6.99. The van der Waals surface area contributed by atoms with Gasteiger partial charge in [0.05, 0.1) is 24.7 Å². The fourth-order valence-corrected chi connectivity index (χ4v) is 2.08. The topological polar surface area (TPSA) is 63.2 Å². The van der Waals surface area contributed by atoms with Gasteiger partial charge < -0.3 is 15.4 Å². The van der Waals surface area contributed by atoms with Gasteiger partial charge in [-0.2, -0.15) is 0 Å². The number of anilines is 3. The maximum absolute atomic E-state index is 11.5. The molecule has 0 aliphatic carbocycles. The molecule has 0 bridgehead atoms. The van der Waals surface area contributed by atoms with Crippen LogP contribution in [0.3, 0.4) is 0 Å². The molecule has 116 valence electrons. The molecule has 0 fully saturated rings. The Morgan fingerprint density at radius 2 is 2.14 bits per heavy atom. The van der Waals surface area contributed by atoms with E-state index in [1.165, 1.54) is 0 Å². The summed E-state index contributed by atoms with van der Waals surface area (Å²) in [4.78, 5) is 15.8. The highest BCUT2D eigenvalue weighted by atomic mass is 35.5. The third kappa shape index (κ3) is 4.36. The Kier molecular flexibility index (Phi) is 5.61. The lowest BCUT2D eigenvalue weighted by atomic mass is 10.3. The number of pyridine rings is 1. The molecule has 1 aromatic heterocycles. The number of ether oxygens (including phenoxy) is 1. The molecule has 0 spiro atoms. The molecule has 1 aromatic carbocycles. The van der Waals surface area contributed by atoms with Crippen LogP contribution in [-0.2, 0) is 4.79 Å². The Hall–Kier alpha value is -2.27. The van der Waals surface area contributed by atoms with E-state index in [1.807, 2.05) is 6.92 Å². The number of halogens is 1. The van der Waals surface area contributed by atoms with Gasteiger partial charge in [-0.05, 0) is 36.8 Å². The number of benzene rings is 1. The van der Waals surface area contributed by atoms with Gasteiger partial charge in [0.15, 0.2) is 0 Å². The summed E-state index contributed by atoms with van der Waals surface area (Å²) in [5, 5.41) is 6.53. The SMILES string of the molecule is CCCC(=O)Nc1ccc(Nc2cc(Cl)ccc2OC)nc1. The number of nitrogens with one attached hydrogen (secondary N) is 2. The zero-order chi connectivity index (χ0) is 15.9. The van der Waals surface area contributed by atoms with Crippen molar-refractivity contribution in [3.05, 3.63) is 41.6 Å². The van der Waals surface area contributed by atoms with E-state index < -0.39 is 0 Å². The first-order chi connectivity index (χ1) is 10.6. The summed E-state index contributed by atoms with van der Waals surface area (Å²) < 4.78 is 5.27. The van der Waals surface area contributed by atoms with Crippen LogP contribution in [0.1, 0.15) is 19.8 Å². The zero-order valence-electron chi connectivity index (χ0n) is 12.5. The van der Waals surface area contributed by atoms with Crippen LogP contribution in [0.15, 0.2) is 36.5 Å². The van der Waals surface area contributed by atoms with Gasteiger partial charge in [0.25, 0.3) is 0 Å². The molecular weight excluding hydrogens is 302 g/mol. The van der Waals surface area contributed by atoms with Crippen LogP contribution < -0.4 is 15.4 Å². The standard InChI is InChI=1S/C16H18ClN3O2/c1-3-4-16(21)19-12-6-8-15(18-10-12)20-13-9-11(17)5-7-14(13)22-2/h5-10H,3-4H2,1-2H3,(H,18,20)(H,19,21). The van der Waals surface area contributed by atoms with Crippen molar-refractivity contribution < 1.29 is 9.53 Å². The van der Waals surface area contributed by atoms with E-state index in [0.717, 1.165) is 12.1 Å². The van der Waals surface area contributed by atoms with Crippen LogP contribution in [-0.4, -0.2) is 18.0 Å². The first kappa shape index (κ1) is 16.1. The highest BCUT2D eigenvalue weighted by Gasteiger charge is 2.06. The van der Waals surface area contributed by atoms with Gasteiger partial charge in [0.1, 0.15) is 11.6 Å². The van der Waals surface area contributed by atoms with E-state index in [2.05, 4.69) is 15.6 Å². The Balaban J connectivity index is 2.08. The van der Waals surface area contributed by atoms with E-state index in [9.17, 15) is 4.79 Å².